The Balaban J connectivity index is 1.87. The first-order valence-electron chi connectivity index (χ1n) is 6.29. The zero-order chi connectivity index (χ0) is 13.3. The van der Waals surface area contributed by atoms with Gasteiger partial charge in [0, 0.05) is 12.5 Å². The van der Waals surface area contributed by atoms with Crippen molar-refractivity contribution in [3.63, 3.8) is 0 Å². The predicted molar refractivity (Wildman–Crippen MR) is 63.8 cm³/mol. The lowest BCUT2D eigenvalue weighted by Crippen LogP contribution is -2.50. The van der Waals surface area contributed by atoms with Gasteiger partial charge in [-0.3, -0.25) is 9.59 Å². The topological polar surface area (TPSA) is 102 Å². The molecule has 1 saturated heterocycles. The first-order valence-corrected chi connectivity index (χ1v) is 6.29. The van der Waals surface area contributed by atoms with E-state index in [2.05, 4.69) is 5.32 Å². The molecule has 0 aromatic carbocycles. The van der Waals surface area contributed by atoms with E-state index in [1.54, 1.807) is 6.92 Å². The highest BCUT2D eigenvalue weighted by Gasteiger charge is 2.47. The first-order chi connectivity index (χ1) is 8.43. The Morgan fingerprint density at radius 3 is 2.78 bits per heavy atom. The summed E-state index contributed by atoms with van der Waals surface area (Å²) in [4.78, 5) is 23.0. The van der Waals surface area contributed by atoms with Crippen molar-refractivity contribution >= 4 is 11.9 Å². The minimum absolute atomic E-state index is 0.108. The number of aliphatic carboxylic acids is 1. The van der Waals surface area contributed by atoms with Crippen molar-refractivity contribution in [2.75, 3.05) is 13.2 Å². The number of carbonyl (C=O) groups is 2. The van der Waals surface area contributed by atoms with Crippen LogP contribution in [0.5, 0.6) is 0 Å². The third-order valence-electron chi connectivity index (χ3n) is 3.93. The minimum atomic E-state index is -1.04. The molecule has 0 aromatic heterocycles. The van der Waals surface area contributed by atoms with Gasteiger partial charge in [-0.05, 0) is 25.7 Å². The van der Waals surface area contributed by atoms with Crippen molar-refractivity contribution in [1.29, 1.82) is 0 Å². The molecule has 2 rings (SSSR count). The highest BCUT2D eigenvalue weighted by Crippen LogP contribution is 2.33. The van der Waals surface area contributed by atoms with Gasteiger partial charge >= 0.3 is 5.97 Å². The number of nitrogens with one attached hydrogen (secondary N) is 1. The monoisotopic (exact) mass is 256 g/mol. The summed E-state index contributed by atoms with van der Waals surface area (Å²) < 4.78 is 5.17. The molecule has 1 aliphatic heterocycles. The number of amides is 1. The van der Waals surface area contributed by atoms with Crippen molar-refractivity contribution in [2.24, 2.45) is 17.1 Å². The normalized spacial score (nSPS) is 33.1. The second-order valence-corrected chi connectivity index (χ2v) is 5.56. The van der Waals surface area contributed by atoms with E-state index in [9.17, 15) is 14.7 Å². The van der Waals surface area contributed by atoms with E-state index in [4.69, 9.17) is 10.5 Å². The third-order valence-corrected chi connectivity index (χ3v) is 3.93. The van der Waals surface area contributed by atoms with Crippen LogP contribution in [0.4, 0.5) is 0 Å². The Morgan fingerprint density at radius 2 is 2.22 bits per heavy atom. The fraction of sp³-hybridized carbons (Fsp3) is 0.833. The average Bonchev–Trinajstić information content (AvgIpc) is 3.06. The smallest absolute Gasteiger partial charge is 0.313 e. The fourth-order valence-electron chi connectivity index (χ4n) is 2.24. The Morgan fingerprint density at radius 1 is 1.56 bits per heavy atom. The Kier molecular flexibility index (Phi) is 3.59. The van der Waals surface area contributed by atoms with Gasteiger partial charge in [0.15, 0.2) is 0 Å². The number of nitrogens with two attached hydrogens (primary N) is 1. The second kappa shape index (κ2) is 4.85. The molecule has 0 bridgehead atoms. The maximum Gasteiger partial charge on any atom is 0.313 e. The van der Waals surface area contributed by atoms with Gasteiger partial charge in [0.25, 0.3) is 0 Å². The molecule has 102 valence electrons. The van der Waals surface area contributed by atoms with Crippen LogP contribution in [0.2, 0.25) is 0 Å². The molecule has 6 heteroatoms. The third kappa shape index (κ3) is 2.64. The Bertz CT molecular complexity index is 356. The minimum Gasteiger partial charge on any atom is -0.481 e. The van der Waals surface area contributed by atoms with Crippen molar-refractivity contribution in [3.05, 3.63) is 0 Å². The van der Waals surface area contributed by atoms with Crippen molar-refractivity contribution < 1.29 is 19.4 Å². The van der Waals surface area contributed by atoms with Gasteiger partial charge in [0.2, 0.25) is 5.91 Å². The van der Waals surface area contributed by atoms with E-state index in [0.717, 1.165) is 12.8 Å². The molecule has 0 radical (unpaired) electrons. The molecule has 18 heavy (non-hydrogen) atoms. The van der Waals surface area contributed by atoms with E-state index in [0.29, 0.717) is 5.92 Å². The van der Waals surface area contributed by atoms with Gasteiger partial charge in [-0.1, -0.05) is 0 Å². The lowest BCUT2D eigenvalue weighted by atomic mass is 9.85. The molecule has 1 saturated carbocycles. The summed E-state index contributed by atoms with van der Waals surface area (Å²) in [5.41, 5.74) is 4.83. The standard InChI is InChI=1S/C12H20N2O4/c1-12(11(16)17)6-18-5-9(12)14-10(15)4-8(13)7-2-3-7/h7-9H,2-6,13H2,1H3,(H,14,15)(H,16,17). The molecule has 1 aliphatic carbocycles. The van der Waals surface area contributed by atoms with Gasteiger partial charge in [0.1, 0.15) is 5.41 Å². The van der Waals surface area contributed by atoms with Crippen molar-refractivity contribution in [3.8, 4) is 0 Å². The molecule has 0 spiro atoms. The summed E-state index contributed by atoms with van der Waals surface area (Å²) in [6.45, 7) is 1.96. The molecule has 3 unspecified atom stereocenters. The maximum absolute atomic E-state index is 11.8. The SMILES string of the molecule is CC1(C(=O)O)COCC1NC(=O)CC(N)C1CC1. The molecule has 6 nitrogen and oxygen atoms in total. The van der Waals surface area contributed by atoms with Crippen LogP contribution in [-0.2, 0) is 14.3 Å². The molecule has 2 fully saturated rings. The lowest BCUT2D eigenvalue weighted by Gasteiger charge is -2.26. The van der Waals surface area contributed by atoms with E-state index >= 15 is 0 Å². The number of ether oxygens (including phenoxy) is 1. The number of rotatable bonds is 5. The molecule has 1 heterocycles. The average molecular weight is 256 g/mol. The second-order valence-electron chi connectivity index (χ2n) is 5.56. The van der Waals surface area contributed by atoms with Crippen LogP contribution < -0.4 is 11.1 Å². The zero-order valence-electron chi connectivity index (χ0n) is 10.5. The fourth-order valence-corrected chi connectivity index (χ4v) is 2.24. The highest BCUT2D eigenvalue weighted by molar-refractivity contribution is 5.80. The summed E-state index contributed by atoms with van der Waals surface area (Å²) in [6.07, 6.45) is 2.44. The first kappa shape index (κ1) is 13.3. The Hall–Kier alpha value is -1.14. The Labute approximate surface area is 106 Å². The van der Waals surface area contributed by atoms with Gasteiger partial charge in [-0.2, -0.15) is 0 Å². The van der Waals surface area contributed by atoms with E-state index in [-0.39, 0.29) is 31.6 Å². The lowest BCUT2D eigenvalue weighted by molar-refractivity contribution is -0.149. The van der Waals surface area contributed by atoms with Crippen LogP contribution >= 0.6 is 0 Å². The molecule has 2 aliphatic rings. The highest BCUT2D eigenvalue weighted by atomic mass is 16.5. The van der Waals surface area contributed by atoms with Crippen LogP contribution in [0, 0.1) is 11.3 Å². The molecule has 4 N–H and O–H groups in total. The molecule has 0 aromatic rings. The number of hydrogen-bond acceptors (Lipinski definition) is 4. The number of carbonyl (C=O) groups excluding carboxylic acids is 1. The summed E-state index contributed by atoms with van der Waals surface area (Å²) in [5.74, 6) is -0.671. The quantitative estimate of drug-likeness (QED) is 0.628. The maximum atomic E-state index is 11.8. The van der Waals surface area contributed by atoms with Gasteiger partial charge < -0.3 is 20.9 Å². The summed E-state index contributed by atoms with van der Waals surface area (Å²) in [7, 11) is 0. The van der Waals surface area contributed by atoms with Crippen LogP contribution in [0.15, 0.2) is 0 Å². The van der Waals surface area contributed by atoms with Crippen LogP contribution in [0.1, 0.15) is 26.2 Å². The summed E-state index contributed by atoms with van der Waals surface area (Å²) in [5, 5.41) is 11.9. The van der Waals surface area contributed by atoms with Crippen molar-refractivity contribution in [2.45, 2.75) is 38.3 Å². The van der Waals surface area contributed by atoms with Crippen LogP contribution in [-0.4, -0.2) is 42.3 Å². The number of carboxylic acids is 1. The van der Waals surface area contributed by atoms with E-state index in [1.807, 2.05) is 0 Å². The van der Waals surface area contributed by atoms with Gasteiger partial charge in [-0.15, -0.1) is 0 Å². The molecular formula is C12H20N2O4. The molecule has 3 atom stereocenters. The number of hydrogen-bond donors (Lipinski definition) is 3. The summed E-state index contributed by atoms with van der Waals surface area (Å²) >= 11 is 0. The van der Waals surface area contributed by atoms with Gasteiger partial charge in [-0.25, -0.2) is 0 Å². The molecule has 1 amide bonds. The number of carboxylic acid groups (broad SMARTS) is 1. The van der Waals surface area contributed by atoms with E-state index in [1.165, 1.54) is 0 Å². The van der Waals surface area contributed by atoms with Gasteiger partial charge in [0.05, 0.1) is 19.3 Å². The van der Waals surface area contributed by atoms with Crippen LogP contribution in [0.25, 0.3) is 0 Å². The largest absolute Gasteiger partial charge is 0.481 e. The molecular weight excluding hydrogens is 236 g/mol. The van der Waals surface area contributed by atoms with E-state index < -0.39 is 17.4 Å². The predicted octanol–water partition coefficient (Wildman–Crippen LogP) is -0.280. The van der Waals surface area contributed by atoms with Crippen LogP contribution in [0.3, 0.4) is 0 Å². The van der Waals surface area contributed by atoms with Crippen molar-refractivity contribution in [1.82, 2.24) is 5.32 Å². The summed E-state index contributed by atoms with van der Waals surface area (Å²) in [6, 6.07) is -0.586. The zero-order valence-corrected chi connectivity index (χ0v) is 10.5.